The van der Waals surface area contributed by atoms with E-state index in [2.05, 4.69) is 47.2 Å². The Hall–Kier alpha value is -0.540. The second-order valence-electron chi connectivity index (χ2n) is 6.29. The van der Waals surface area contributed by atoms with Gasteiger partial charge < -0.3 is 10.1 Å². The average Bonchev–Trinajstić information content (AvgIpc) is 2.49. The summed E-state index contributed by atoms with van der Waals surface area (Å²) in [6.45, 7) is 4.56. The SMILES string of the molecule is CCCC1CCC(NC(C)c2ccc(OC)c(Br)c2)CC1. The van der Waals surface area contributed by atoms with Crippen molar-refractivity contribution in [2.45, 2.75) is 64.5 Å². The molecule has 2 rings (SSSR count). The minimum atomic E-state index is 0.389. The van der Waals surface area contributed by atoms with Crippen molar-refractivity contribution in [3.8, 4) is 5.75 Å². The first-order chi connectivity index (χ1) is 10.1. The van der Waals surface area contributed by atoms with Gasteiger partial charge in [0.2, 0.25) is 0 Å². The van der Waals surface area contributed by atoms with E-state index in [0.29, 0.717) is 12.1 Å². The van der Waals surface area contributed by atoms with Crippen LogP contribution in [0.3, 0.4) is 0 Å². The molecule has 1 atom stereocenters. The van der Waals surface area contributed by atoms with Gasteiger partial charge in [0.25, 0.3) is 0 Å². The summed E-state index contributed by atoms with van der Waals surface area (Å²) in [5.74, 6) is 1.87. The highest BCUT2D eigenvalue weighted by atomic mass is 79.9. The number of ether oxygens (including phenoxy) is 1. The van der Waals surface area contributed by atoms with Crippen LogP contribution in [-0.4, -0.2) is 13.2 Å². The number of nitrogens with one attached hydrogen (secondary N) is 1. The van der Waals surface area contributed by atoms with Crippen molar-refractivity contribution in [1.82, 2.24) is 5.32 Å². The van der Waals surface area contributed by atoms with Crippen LogP contribution in [0.4, 0.5) is 0 Å². The van der Waals surface area contributed by atoms with Gasteiger partial charge in [-0.2, -0.15) is 0 Å². The predicted molar refractivity (Wildman–Crippen MR) is 92.9 cm³/mol. The summed E-state index contributed by atoms with van der Waals surface area (Å²) >= 11 is 3.57. The van der Waals surface area contributed by atoms with Crippen molar-refractivity contribution in [3.05, 3.63) is 28.2 Å². The molecule has 1 saturated carbocycles. The molecule has 0 aliphatic heterocycles. The molecule has 0 spiro atoms. The highest BCUT2D eigenvalue weighted by Crippen LogP contribution is 2.31. The maximum Gasteiger partial charge on any atom is 0.133 e. The zero-order chi connectivity index (χ0) is 15.2. The Balaban J connectivity index is 1.87. The number of rotatable bonds is 6. The number of benzene rings is 1. The molecule has 1 unspecified atom stereocenters. The van der Waals surface area contributed by atoms with Gasteiger partial charge in [-0.15, -0.1) is 0 Å². The van der Waals surface area contributed by atoms with Crippen LogP contribution < -0.4 is 10.1 Å². The summed E-state index contributed by atoms with van der Waals surface area (Å²) in [5, 5.41) is 3.80. The number of hydrogen-bond acceptors (Lipinski definition) is 2. The van der Waals surface area contributed by atoms with E-state index < -0.39 is 0 Å². The van der Waals surface area contributed by atoms with Gasteiger partial charge in [0.15, 0.2) is 0 Å². The van der Waals surface area contributed by atoms with E-state index in [4.69, 9.17) is 4.74 Å². The normalized spacial score (nSPS) is 23.8. The molecule has 1 aromatic carbocycles. The molecule has 0 radical (unpaired) electrons. The average molecular weight is 354 g/mol. The van der Waals surface area contributed by atoms with Crippen molar-refractivity contribution in [3.63, 3.8) is 0 Å². The van der Waals surface area contributed by atoms with Crippen LogP contribution in [0.1, 0.15) is 64.0 Å². The van der Waals surface area contributed by atoms with Crippen molar-refractivity contribution in [2.75, 3.05) is 7.11 Å². The molecular weight excluding hydrogens is 326 g/mol. The van der Waals surface area contributed by atoms with Gasteiger partial charge in [-0.1, -0.05) is 25.8 Å². The zero-order valence-corrected chi connectivity index (χ0v) is 15.1. The molecule has 1 aliphatic carbocycles. The lowest BCUT2D eigenvalue weighted by Crippen LogP contribution is -2.35. The second-order valence-corrected chi connectivity index (χ2v) is 7.14. The van der Waals surface area contributed by atoms with E-state index in [9.17, 15) is 0 Å². The highest BCUT2D eigenvalue weighted by molar-refractivity contribution is 9.10. The standard InChI is InChI=1S/C18H28BrNO/c1-4-5-14-6-9-16(10-7-14)20-13(2)15-8-11-18(21-3)17(19)12-15/h8,11-14,16,20H,4-7,9-10H2,1-3H3. The van der Waals surface area contributed by atoms with Gasteiger partial charge in [0.1, 0.15) is 5.75 Å². The molecule has 1 aromatic rings. The Bertz CT molecular complexity index is 441. The van der Waals surface area contributed by atoms with Crippen LogP contribution >= 0.6 is 15.9 Å². The summed E-state index contributed by atoms with van der Waals surface area (Å²) in [7, 11) is 1.70. The fourth-order valence-corrected chi connectivity index (χ4v) is 3.99. The fourth-order valence-electron chi connectivity index (χ4n) is 3.43. The van der Waals surface area contributed by atoms with Gasteiger partial charge in [-0.05, 0) is 72.2 Å². The Labute approximate surface area is 137 Å². The van der Waals surface area contributed by atoms with Crippen LogP contribution in [0.2, 0.25) is 0 Å². The molecule has 0 amide bonds. The Morgan fingerprint density at radius 1 is 1.29 bits per heavy atom. The molecule has 2 nitrogen and oxygen atoms in total. The maximum absolute atomic E-state index is 5.30. The molecular formula is C18H28BrNO. The fraction of sp³-hybridized carbons (Fsp3) is 0.667. The first-order valence-corrected chi connectivity index (χ1v) is 9.02. The Morgan fingerprint density at radius 3 is 2.57 bits per heavy atom. The van der Waals surface area contributed by atoms with Crippen LogP contribution in [0.5, 0.6) is 5.75 Å². The summed E-state index contributed by atoms with van der Waals surface area (Å²) in [5.41, 5.74) is 1.32. The molecule has 0 saturated heterocycles. The van der Waals surface area contributed by atoms with Gasteiger partial charge in [-0.3, -0.25) is 0 Å². The molecule has 1 aliphatic rings. The van der Waals surface area contributed by atoms with E-state index in [1.807, 2.05) is 6.07 Å². The number of hydrogen-bond donors (Lipinski definition) is 1. The largest absolute Gasteiger partial charge is 0.496 e. The van der Waals surface area contributed by atoms with Crippen molar-refractivity contribution in [2.24, 2.45) is 5.92 Å². The zero-order valence-electron chi connectivity index (χ0n) is 13.5. The minimum absolute atomic E-state index is 0.389. The summed E-state index contributed by atoms with van der Waals surface area (Å²) in [4.78, 5) is 0. The molecule has 1 fully saturated rings. The lowest BCUT2D eigenvalue weighted by Gasteiger charge is -2.31. The van der Waals surface area contributed by atoms with E-state index in [-0.39, 0.29) is 0 Å². The van der Waals surface area contributed by atoms with Gasteiger partial charge in [0, 0.05) is 12.1 Å². The summed E-state index contributed by atoms with van der Waals surface area (Å²) in [6.07, 6.45) is 8.18. The van der Waals surface area contributed by atoms with Crippen molar-refractivity contribution in [1.29, 1.82) is 0 Å². The lowest BCUT2D eigenvalue weighted by molar-refractivity contribution is 0.266. The Morgan fingerprint density at radius 2 is 2.00 bits per heavy atom. The smallest absolute Gasteiger partial charge is 0.133 e. The molecule has 118 valence electrons. The van der Waals surface area contributed by atoms with E-state index in [1.54, 1.807) is 7.11 Å². The molecule has 0 aromatic heterocycles. The molecule has 0 heterocycles. The second kappa shape index (κ2) is 8.19. The van der Waals surface area contributed by atoms with Gasteiger partial charge in [0.05, 0.1) is 11.6 Å². The van der Waals surface area contributed by atoms with Crippen LogP contribution in [0, 0.1) is 5.92 Å². The van der Waals surface area contributed by atoms with E-state index in [0.717, 1.165) is 16.1 Å². The van der Waals surface area contributed by atoms with Gasteiger partial charge >= 0.3 is 0 Å². The van der Waals surface area contributed by atoms with E-state index in [1.165, 1.54) is 44.1 Å². The summed E-state index contributed by atoms with van der Waals surface area (Å²) < 4.78 is 6.33. The first-order valence-electron chi connectivity index (χ1n) is 8.23. The third-order valence-corrected chi connectivity index (χ3v) is 5.32. The minimum Gasteiger partial charge on any atom is -0.496 e. The number of methoxy groups -OCH3 is 1. The highest BCUT2D eigenvalue weighted by Gasteiger charge is 2.22. The van der Waals surface area contributed by atoms with Crippen LogP contribution in [0.25, 0.3) is 0 Å². The van der Waals surface area contributed by atoms with Crippen LogP contribution in [-0.2, 0) is 0 Å². The monoisotopic (exact) mass is 353 g/mol. The molecule has 21 heavy (non-hydrogen) atoms. The van der Waals surface area contributed by atoms with Gasteiger partial charge in [-0.25, -0.2) is 0 Å². The third kappa shape index (κ3) is 4.72. The maximum atomic E-state index is 5.30. The summed E-state index contributed by atoms with van der Waals surface area (Å²) in [6, 6.07) is 7.42. The van der Waals surface area contributed by atoms with Crippen molar-refractivity contribution < 1.29 is 4.74 Å². The Kier molecular flexibility index (Phi) is 6.56. The van der Waals surface area contributed by atoms with E-state index >= 15 is 0 Å². The number of halogens is 1. The lowest BCUT2D eigenvalue weighted by atomic mass is 9.83. The molecule has 3 heteroatoms. The molecule has 1 N–H and O–H groups in total. The predicted octanol–water partition coefficient (Wildman–Crippen LogP) is 5.47. The molecule has 0 bridgehead atoms. The third-order valence-electron chi connectivity index (χ3n) is 4.71. The van der Waals surface area contributed by atoms with Crippen LogP contribution in [0.15, 0.2) is 22.7 Å². The first kappa shape index (κ1) is 16.8. The quantitative estimate of drug-likeness (QED) is 0.732. The topological polar surface area (TPSA) is 21.3 Å². The van der Waals surface area contributed by atoms with Crippen molar-refractivity contribution >= 4 is 15.9 Å².